The fourth-order valence-corrected chi connectivity index (χ4v) is 1.17. The molecule has 0 radical (unpaired) electrons. The molecule has 1 heterocycles. The molecule has 0 aromatic rings. The molecule has 1 rings (SSSR count). The Morgan fingerprint density at radius 2 is 2.19 bits per heavy atom. The predicted molar refractivity (Wildman–Crippen MR) is 53.9 cm³/mol. The first-order chi connectivity index (χ1) is 7.29. The van der Waals surface area contributed by atoms with Gasteiger partial charge in [-0.2, -0.15) is 0 Å². The van der Waals surface area contributed by atoms with Crippen LogP contribution in [-0.4, -0.2) is 40.5 Å². The number of hydrogen-bond acceptors (Lipinski definition) is 5. The summed E-state index contributed by atoms with van der Waals surface area (Å²) in [5, 5.41) is 10.0. The van der Waals surface area contributed by atoms with Crippen LogP contribution in [-0.2, 0) is 19.2 Å². The number of ether oxygens (including phenoxy) is 1. The lowest BCUT2D eigenvalue weighted by atomic mass is 10.2. The molecule has 0 saturated carbocycles. The predicted octanol–water partition coefficient (Wildman–Crippen LogP) is 0.200. The highest BCUT2D eigenvalue weighted by molar-refractivity contribution is 5.80. The van der Waals surface area contributed by atoms with Crippen molar-refractivity contribution in [1.29, 1.82) is 0 Å². The molecule has 1 atom stereocenters. The third kappa shape index (κ3) is 3.79. The van der Waals surface area contributed by atoms with Crippen LogP contribution in [0.15, 0.2) is 0 Å². The van der Waals surface area contributed by atoms with Gasteiger partial charge in [0.15, 0.2) is 6.23 Å². The first kappa shape index (κ1) is 12.9. The van der Waals surface area contributed by atoms with Crippen LogP contribution in [0.5, 0.6) is 0 Å². The quantitative estimate of drug-likeness (QED) is 0.751. The zero-order chi connectivity index (χ0) is 12.3. The van der Waals surface area contributed by atoms with Crippen molar-refractivity contribution in [3.63, 3.8) is 0 Å². The van der Waals surface area contributed by atoms with Gasteiger partial charge in [-0.3, -0.25) is 4.79 Å². The molecule has 1 aliphatic rings. The van der Waals surface area contributed by atoms with Gasteiger partial charge in [0.05, 0.1) is 5.60 Å². The lowest BCUT2D eigenvalue weighted by Gasteiger charge is -2.21. The number of aliphatic hydroxyl groups is 1. The molecule has 0 aromatic carbocycles. The average Bonchev–Trinajstić information content (AvgIpc) is 2.45. The van der Waals surface area contributed by atoms with Crippen LogP contribution in [0.25, 0.3) is 0 Å². The Balaban J connectivity index is 2.37. The number of amides is 1. The molecular formula is C10H17NO5. The Kier molecular flexibility index (Phi) is 3.88. The summed E-state index contributed by atoms with van der Waals surface area (Å²) in [6, 6.07) is 0. The Morgan fingerprint density at radius 1 is 1.56 bits per heavy atom. The van der Waals surface area contributed by atoms with Crippen LogP contribution in [0.4, 0.5) is 0 Å². The topological polar surface area (TPSA) is 76.1 Å². The van der Waals surface area contributed by atoms with Gasteiger partial charge in [0.25, 0.3) is 5.91 Å². The van der Waals surface area contributed by atoms with E-state index in [-0.39, 0.29) is 19.4 Å². The maximum atomic E-state index is 11.3. The van der Waals surface area contributed by atoms with Crippen molar-refractivity contribution < 1.29 is 24.3 Å². The summed E-state index contributed by atoms with van der Waals surface area (Å²) in [5.41, 5.74) is -0.452. The summed E-state index contributed by atoms with van der Waals surface area (Å²) in [6.45, 7) is 5.16. The Hall–Kier alpha value is -1.14. The molecule has 0 aromatic heterocycles. The highest BCUT2D eigenvalue weighted by Crippen LogP contribution is 2.16. The number of hydrogen-bond donors (Lipinski definition) is 1. The normalized spacial score (nSPS) is 21.4. The van der Waals surface area contributed by atoms with Crippen LogP contribution in [0.1, 0.15) is 33.6 Å². The second kappa shape index (κ2) is 4.80. The van der Waals surface area contributed by atoms with Crippen molar-refractivity contribution in [2.45, 2.75) is 45.4 Å². The van der Waals surface area contributed by atoms with E-state index in [0.29, 0.717) is 5.06 Å². The molecule has 1 N–H and O–H groups in total. The maximum Gasteiger partial charge on any atom is 0.358 e. The van der Waals surface area contributed by atoms with Crippen molar-refractivity contribution in [1.82, 2.24) is 5.06 Å². The van der Waals surface area contributed by atoms with Gasteiger partial charge in [0.2, 0.25) is 0 Å². The molecule has 0 bridgehead atoms. The minimum absolute atomic E-state index is 0.189. The van der Waals surface area contributed by atoms with Crippen LogP contribution in [0.3, 0.4) is 0 Å². The van der Waals surface area contributed by atoms with E-state index in [1.54, 1.807) is 20.8 Å². The highest BCUT2D eigenvalue weighted by Gasteiger charge is 2.33. The van der Waals surface area contributed by atoms with Gasteiger partial charge in [0.1, 0.15) is 6.61 Å². The molecular weight excluding hydrogens is 214 g/mol. The van der Waals surface area contributed by atoms with E-state index in [1.165, 1.54) is 0 Å². The highest BCUT2D eigenvalue weighted by atomic mass is 16.7. The molecule has 6 nitrogen and oxygen atoms in total. The van der Waals surface area contributed by atoms with Gasteiger partial charge in [-0.15, -0.1) is 5.06 Å². The maximum absolute atomic E-state index is 11.3. The van der Waals surface area contributed by atoms with E-state index in [4.69, 9.17) is 9.57 Å². The van der Waals surface area contributed by atoms with E-state index in [0.717, 1.165) is 0 Å². The number of rotatable bonds is 3. The van der Waals surface area contributed by atoms with Crippen molar-refractivity contribution >= 4 is 11.9 Å². The third-order valence-corrected chi connectivity index (χ3v) is 1.96. The van der Waals surface area contributed by atoms with Crippen LogP contribution in [0.2, 0.25) is 0 Å². The fourth-order valence-electron chi connectivity index (χ4n) is 1.17. The third-order valence-electron chi connectivity index (χ3n) is 1.96. The molecule has 0 aliphatic carbocycles. The number of hydroxylamine groups is 2. The van der Waals surface area contributed by atoms with E-state index in [2.05, 4.69) is 0 Å². The second-order valence-electron chi connectivity index (χ2n) is 4.60. The van der Waals surface area contributed by atoms with Gasteiger partial charge in [-0.05, 0) is 20.8 Å². The van der Waals surface area contributed by atoms with Gasteiger partial charge in [-0.25, -0.2) is 4.79 Å². The Morgan fingerprint density at radius 3 is 2.62 bits per heavy atom. The van der Waals surface area contributed by atoms with E-state index < -0.39 is 23.7 Å². The molecule has 16 heavy (non-hydrogen) atoms. The number of carbonyl (C=O) groups excluding carboxylic acids is 2. The summed E-state index contributed by atoms with van der Waals surface area (Å²) in [5.74, 6) is -1.08. The van der Waals surface area contributed by atoms with Crippen molar-refractivity contribution in [3.8, 4) is 0 Å². The molecule has 0 spiro atoms. The number of carbonyl (C=O) groups is 2. The van der Waals surface area contributed by atoms with E-state index >= 15 is 0 Å². The summed E-state index contributed by atoms with van der Waals surface area (Å²) >= 11 is 0. The Labute approximate surface area is 94.1 Å². The smallest absolute Gasteiger partial charge is 0.358 e. The first-order valence-electron chi connectivity index (χ1n) is 5.14. The monoisotopic (exact) mass is 231 g/mol. The lowest BCUT2D eigenvalue weighted by Crippen LogP contribution is -2.37. The molecule has 1 unspecified atom stereocenters. The van der Waals surface area contributed by atoms with Crippen LogP contribution >= 0.6 is 0 Å². The molecule has 1 fully saturated rings. The zero-order valence-corrected chi connectivity index (χ0v) is 9.73. The number of aliphatic hydroxyl groups excluding tert-OH is 1. The second-order valence-corrected chi connectivity index (χ2v) is 4.60. The SMILES string of the molecule is CC(C)(C)OCC(=O)ON1C(=O)CCC1O. The van der Waals surface area contributed by atoms with E-state index in [1.807, 2.05) is 0 Å². The fraction of sp³-hybridized carbons (Fsp3) is 0.800. The lowest BCUT2D eigenvalue weighted by molar-refractivity contribution is -0.225. The molecule has 92 valence electrons. The molecule has 1 aliphatic heterocycles. The van der Waals surface area contributed by atoms with Gasteiger partial charge in [-0.1, -0.05) is 0 Å². The van der Waals surface area contributed by atoms with Gasteiger partial charge >= 0.3 is 5.97 Å². The standard InChI is InChI=1S/C10H17NO5/c1-10(2,3)15-6-9(14)16-11-7(12)4-5-8(11)13/h7,12H,4-6H2,1-3H3. The largest absolute Gasteiger partial charge is 0.370 e. The molecule has 6 heteroatoms. The average molecular weight is 231 g/mol. The van der Waals surface area contributed by atoms with Crippen molar-refractivity contribution in [2.75, 3.05) is 6.61 Å². The first-order valence-corrected chi connectivity index (χ1v) is 5.14. The summed E-state index contributed by atoms with van der Waals surface area (Å²) in [7, 11) is 0. The van der Waals surface area contributed by atoms with Crippen LogP contribution in [0, 0.1) is 0 Å². The zero-order valence-electron chi connectivity index (χ0n) is 9.73. The minimum atomic E-state index is -1.04. The minimum Gasteiger partial charge on any atom is -0.370 e. The summed E-state index contributed by atoms with van der Waals surface area (Å²) in [6.07, 6.45) is -0.563. The van der Waals surface area contributed by atoms with Crippen molar-refractivity contribution in [2.24, 2.45) is 0 Å². The van der Waals surface area contributed by atoms with Crippen molar-refractivity contribution in [3.05, 3.63) is 0 Å². The van der Waals surface area contributed by atoms with Crippen LogP contribution < -0.4 is 0 Å². The van der Waals surface area contributed by atoms with Gasteiger partial charge in [0, 0.05) is 12.8 Å². The summed E-state index contributed by atoms with van der Waals surface area (Å²) in [4.78, 5) is 27.2. The summed E-state index contributed by atoms with van der Waals surface area (Å²) < 4.78 is 5.18. The number of nitrogens with zero attached hydrogens (tertiary/aromatic N) is 1. The molecule has 1 saturated heterocycles. The van der Waals surface area contributed by atoms with Gasteiger partial charge < -0.3 is 14.7 Å². The van der Waals surface area contributed by atoms with E-state index in [9.17, 15) is 14.7 Å². The Bertz CT molecular complexity index is 283. The molecule has 1 amide bonds.